The normalized spacial score (nSPS) is 13.9. The summed E-state index contributed by atoms with van der Waals surface area (Å²) >= 11 is 3.01. The molecule has 15 heavy (non-hydrogen) atoms. The third-order valence-corrected chi connectivity index (χ3v) is 2.52. The number of alkyl halides is 3. The molecule has 2 nitrogen and oxygen atoms in total. The Morgan fingerprint density at radius 3 is 2.47 bits per heavy atom. The lowest BCUT2D eigenvalue weighted by molar-refractivity contribution is -0.147. The van der Waals surface area contributed by atoms with Crippen LogP contribution in [0, 0.1) is 0 Å². The largest absolute Gasteiger partial charge is 0.507 e. The summed E-state index contributed by atoms with van der Waals surface area (Å²) in [5.41, 5.74) is 5.39. The highest BCUT2D eigenvalue weighted by Gasteiger charge is 2.36. The number of halogens is 4. The van der Waals surface area contributed by atoms with Gasteiger partial charge in [0.15, 0.2) is 0 Å². The third kappa shape index (κ3) is 3.39. The third-order valence-electron chi connectivity index (χ3n) is 1.89. The number of nitrogens with two attached hydrogens (primary N) is 1. The summed E-state index contributed by atoms with van der Waals surface area (Å²) in [5, 5.41) is 9.14. The second-order valence-electron chi connectivity index (χ2n) is 3.14. The van der Waals surface area contributed by atoms with Gasteiger partial charge in [-0.25, -0.2) is 0 Å². The summed E-state index contributed by atoms with van der Waals surface area (Å²) in [6.07, 6.45) is -4.70. The highest BCUT2D eigenvalue weighted by molar-refractivity contribution is 9.10. The van der Waals surface area contributed by atoms with Gasteiger partial charge in [0.05, 0.1) is 4.47 Å². The van der Waals surface area contributed by atoms with E-state index in [0.717, 1.165) is 0 Å². The van der Waals surface area contributed by atoms with Crippen LogP contribution in [0.15, 0.2) is 22.7 Å². The van der Waals surface area contributed by atoms with Crippen LogP contribution >= 0.6 is 15.9 Å². The van der Waals surface area contributed by atoms with E-state index in [9.17, 15) is 13.2 Å². The zero-order valence-electron chi connectivity index (χ0n) is 7.55. The monoisotopic (exact) mass is 283 g/mol. The van der Waals surface area contributed by atoms with Gasteiger partial charge in [-0.05, 0) is 40.0 Å². The first-order chi connectivity index (χ1) is 6.80. The van der Waals surface area contributed by atoms with E-state index in [1.807, 2.05) is 0 Å². The smallest absolute Gasteiger partial charge is 0.403 e. The van der Waals surface area contributed by atoms with Crippen molar-refractivity contribution in [1.82, 2.24) is 0 Å². The lowest BCUT2D eigenvalue weighted by atomic mass is 10.1. The number of rotatable bonds is 2. The first-order valence-corrected chi connectivity index (χ1v) is 4.89. The Balaban J connectivity index is 2.78. The number of hydrogen-bond acceptors (Lipinski definition) is 2. The molecule has 0 aliphatic heterocycles. The Hall–Kier alpha value is -0.750. The minimum Gasteiger partial charge on any atom is -0.507 e. The van der Waals surface area contributed by atoms with Crippen molar-refractivity contribution >= 4 is 15.9 Å². The van der Waals surface area contributed by atoms with E-state index in [0.29, 0.717) is 10.0 Å². The highest BCUT2D eigenvalue weighted by atomic mass is 79.9. The molecular formula is C9H9BrF3NO. The minimum atomic E-state index is -4.40. The summed E-state index contributed by atoms with van der Waals surface area (Å²) in [5.74, 6) is -0.0145. The first-order valence-electron chi connectivity index (χ1n) is 4.10. The maximum atomic E-state index is 12.1. The standard InChI is InChI=1S/C9H9BrF3NO/c10-6-3-5(1-2-7(6)15)4-8(14)9(11,12)13/h1-3,8,15H,4,14H2. The molecule has 0 radical (unpaired) electrons. The lowest BCUT2D eigenvalue weighted by Gasteiger charge is -2.15. The van der Waals surface area contributed by atoms with Crippen LogP contribution in [0.5, 0.6) is 5.75 Å². The molecule has 84 valence electrons. The molecule has 0 aromatic heterocycles. The lowest BCUT2D eigenvalue weighted by Crippen LogP contribution is -2.39. The zero-order chi connectivity index (χ0) is 11.6. The predicted molar refractivity (Wildman–Crippen MR) is 53.5 cm³/mol. The summed E-state index contributed by atoms with van der Waals surface area (Å²) in [4.78, 5) is 0. The van der Waals surface area contributed by atoms with E-state index in [4.69, 9.17) is 10.8 Å². The number of benzene rings is 1. The van der Waals surface area contributed by atoms with Gasteiger partial charge in [0, 0.05) is 0 Å². The molecule has 0 aliphatic carbocycles. The molecule has 6 heteroatoms. The Labute approximate surface area is 93.0 Å². The van der Waals surface area contributed by atoms with Crippen LogP contribution in [0.2, 0.25) is 0 Å². The molecule has 0 spiro atoms. The number of aromatic hydroxyl groups is 1. The Morgan fingerprint density at radius 1 is 1.40 bits per heavy atom. The van der Waals surface area contributed by atoms with E-state index in [1.165, 1.54) is 18.2 Å². The van der Waals surface area contributed by atoms with Gasteiger partial charge in [0.25, 0.3) is 0 Å². The van der Waals surface area contributed by atoms with Crippen LogP contribution in [0.4, 0.5) is 13.2 Å². The molecule has 0 saturated carbocycles. The Bertz CT molecular complexity index is 354. The first kappa shape index (κ1) is 12.3. The molecule has 0 amide bonds. The molecule has 1 aromatic carbocycles. The summed E-state index contributed by atoms with van der Waals surface area (Å²) < 4.78 is 36.7. The number of phenols is 1. The average Bonchev–Trinajstić information content (AvgIpc) is 2.10. The molecule has 1 rings (SSSR count). The van der Waals surface area contributed by atoms with Gasteiger partial charge in [-0.2, -0.15) is 13.2 Å². The van der Waals surface area contributed by atoms with Gasteiger partial charge < -0.3 is 10.8 Å². The van der Waals surface area contributed by atoms with Crippen LogP contribution in [0.1, 0.15) is 5.56 Å². The maximum Gasteiger partial charge on any atom is 0.403 e. The predicted octanol–water partition coefficient (Wildman–Crippen LogP) is 2.59. The van der Waals surface area contributed by atoms with Crippen molar-refractivity contribution in [2.45, 2.75) is 18.6 Å². The molecule has 0 bridgehead atoms. The fourth-order valence-electron chi connectivity index (χ4n) is 1.05. The van der Waals surface area contributed by atoms with E-state index in [-0.39, 0.29) is 12.2 Å². The van der Waals surface area contributed by atoms with Gasteiger partial charge >= 0.3 is 6.18 Å². The molecule has 0 aliphatic rings. The molecule has 0 fully saturated rings. The van der Waals surface area contributed by atoms with Crippen molar-refractivity contribution in [3.05, 3.63) is 28.2 Å². The molecule has 1 atom stereocenters. The van der Waals surface area contributed by atoms with Crippen molar-refractivity contribution in [3.8, 4) is 5.75 Å². The Kier molecular flexibility index (Phi) is 3.62. The zero-order valence-corrected chi connectivity index (χ0v) is 9.14. The second-order valence-corrected chi connectivity index (χ2v) is 3.99. The maximum absolute atomic E-state index is 12.1. The van der Waals surface area contributed by atoms with Crippen molar-refractivity contribution in [3.63, 3.8) is 0 Å². The quantitative estimate of drug-likeness (QED) is 0.876. The SMILES string of the molecule is NC(Cc1ccc(O)c(Br)c1)C(F)(F)F. The molecule has 1 aromatic rings. The number of hydrogen-bond donors (Lipinski definition) is 2. The van der Waals surface area contributed by atoms with Crippen molar-refractivity contribution in [1.29, 1.82) is 0 Å². The summed E-state index contributed by atoms with van der Waals surface area (Å²) in [6, 6.07) is 2.27. The number of phenolic OH excluding ortho intramolecular Hbond substituents is 1. The molecule has 1 unspecified atom stereocenters. The highest BCUT2D eigenvalue weighted by Crippen LogP contribution is 2.27. The van der Waals surface area contributed by atoms with Gasteiger partial charge in [-0.3, -0.25) is 0 Å². The fourth-order valence-corrected chi connectivity index (χ4v) is 1.47. The van der Waals surface area contributed by atoms with Gasteiger partial charge in [0.2, 0.25) is 0 Å². The fraction of sp³-hybridized carbons (Fsp3) is 0.333. The van der Waals surface area contributed by atoms with Crippen molar-refractivity contribution in [2.24, 2.45) is 5.73 Å². The molecule has 3 N–H and O–H groups in total. The summed E-state index contributed by atoms with van der Waals surface area (Å²) in [6.45, 7) is 0. The molecular weight excluding hydrogens is 275 g/mol. The van der Waals surface area contributed by atoms with Gasteiger partial charge in [0.1, 0.15) is 11.8 Å². The molecule has 0 saturated heterocycles. The van der Waals surface area contributed by atoms with Crippen LogP contribution in [0.25, 0.3) is 0 Å². The minimum absolute atomic E-state index is 0.0145. The van der Waals surface area contributed by atoms with E-state index >= 15 is 0 Å². The topological polar surface area (TPSA) is 46.2 Å². The van der Waals surface area contributed by atoms with Crippen molar-refractivity contribution in [2.75, 3.05) is 0 Å². The van der Waals surface area contributed by atoms with E-state index < -0.39 is 12.2 Å². The van der Waals surface area contributed by atoms with Crippen molar-refractivity contribution < 1.29 is 18.3 Å². The van der Waals surface area contributed by atoms with Gasteiger partial charge in [-0.1, -0.05) is 6.07 Å². The van der Waals surface area contributed by atoms with Crippen LogP contribution < -0.4 is 5.73 Å². The van der Waals surface area contributed by atoms with E-state index in [1.54, 1.807) is 0 Å². The Morgan fingerprint density at radius 2 is 2.00 bits per heavy atom. The molecule has 0 heterocycles. The second kappa shape index (κ2) is 4.40. The van der Waals surface area contributed by atoms with Crippen LogP contribution in [0.3, 0.4) is 0 Å². The van der Waals surface area contributed by atoms with Crippen LogP contribution in [-0.2, 0) is 6.42 Å². The van der Waals surface area contributed by atoms with Gasteiger partial charge in [-0.15, -0.1) is 0 Å². The van der Waals surface area contributed by atoms with Crippen LogP contribution in [-0.4, -0.2) is 17.3 Å². The summed E-state index contributed by atoms with van der Waals surface area (Å²) in [7, 11) is 0. The van der Waals surface area contributed by atoms with E-state index in [2.05, 4.69) is 15.9 Å². The average molecular weight is 284 g/mol.